The Labute approximate surface area is 141 Å². The highest BCUT2D eigenvalue weighted by Crippen LogP contribution is 1.99. The van der Waals surface area contributed by atoms with E-state index in [4.69, 9.17) is 0 Å². The van der Waals surface area contributed by atoms with Crippen LogP contribution in [0.5, 0.6) is 0 Å². The maximum Gasteiger partial charge on any atom is 0.00662 e. The van der Waals surface area contributed by atoms with Gasteiger partial charge >= 0.3 is 0 Å². The van der Waals surface area contributed by atoms with E-state index >= 15 is 0 Å². The van der Waals surface area contributed by atoms with Crippen molar-refractivity contribution in [3.05, 3.63) is 0 Å². The summed E-state index contributed by atoms with van der Waals surface area (Å²) in [6.45, 7) is 6.61. The third-order valence-electron chi connectivity index (χ3n) is 1.37. The average molecular weight is 488 g/mol. The van der Waals surface area contributed by atoms with Crippen LogP contribution >= 0.6 is 56.9 Å². The molecule has 0 amide bonds. The monoisotopic (exact) mass is 488 g/mol. The van der Waals surface area contributed by atoms with Gasteiger partial charge in [0.05, 0.1) is 0 Å². The molecule has 17 heavy (non-hydrogen) atoms. The van der Waals surface area contributed by atoms with Crippen molar-refractivity contribution < 1.29 is 0 Å². The minimum absolute atomic E-state index is 1.19. The van der Waals surface area contributed by atoms with E-state index in [1.165, 1.54) is 33.5 Å². The van der Waals surface area contributed by atoms with Crippen LogP contribution in [0.2, 0.25) is 0 Å². The van der Waals surface area contributed by atoms with Crippen LogP contribution in [-0.2, 0) is 0 Å². The lowest BCUT2D eigenvalue weighted by Crippen LogP contribution is -2.18. The zero-order chi connectivity index (χ0) is 14.1. The Bertz CT molecular complexity index is 103. The third-order valence-corrected chi connectivity index (χ3v) is 2.31. The minimum Gasteiger partial charge on any atom is -0.309 e. The molecule has 0 saturated carbocycles. The molecule has 0 aromatic heterocycles. The maximum atomic E-state index is 2.29. The first kappa shape index (κ1) is 23.8. The predicted molar refractivity (Wildman–Crippen MR) is 104 cm³/mol. The van der Waals surface area contributed by atoms with Crippen LogP contribution in [0.25, 0.3) is 0 Å². The van der Waals surface area contributed by atoms with Crippen molar-refractivity contribution in [1.82, 2.24) is 9.80 Å². The van der Waals surface area contributed by atoms with Crippen molar-refractivity contribution in [2.45, 2.75) is 13.8 Å². The largest absolute Gasteiger partial charge is 0.309 e. The molecular weight excluding hydrogens is 458 g/mol. The Morgan fingerprint density at radius 3 is 1.18 bits per heavy atom. The molecule has 0 fully saturated rings. The highest BCUT2D eigenvalue weighted by Gasteiger charge is 1.92. The molecule has 0 spiro atoms. The molecule has 0 aromatic carbocycles. The molecule has 0 aliphatic carbocycles. The molecular formula is C12H30I2N2S. The van der Waals surface area contributed by atoms with Crippen molar-refractivity contribution in [2.75, 3.05) is 61.6 Å². The van der Waals surface area contributed by atoms with Crippen LogP contribution in [0, 0.1) is 0 Å². The summed E-state index contributed by atoms with van der Waals surface area (Å²) in [6.07, 6.45) is 0. The van der Waals surface area contributed by atoms with Gasteiger partial charge in [-0.15, -0.1) is 0 Å². The van der Waals surface area contributed by atoms with Gasteiger partial charge in [-0.25, -0.2) is 0 Å². The zero-order valence-electron chi connectivity index (χ0n) is 12.3. The van der Waals surface area contributed by atoms with Crippen molar-refractivity contribution in [3.8, 4) is 0 Å². The van der Waals surface area contributed by atoms with E-state index in [2.05, 4.69) is 97.0 Å². The lowest BCUT2D eigenvalue weighted by Gasteiger charge is -2.10. The highest BCUT2D eigenvalue weighted by atomic mass is 127. The van der Waals surface area contributed by atoms with Gasteiger partial charge in [-0.1, -0.05) is 59.0 Å². The van der Waals surface area contributed by atoms with Gasteiger partial charge in [-0.05, 0) is 37.0 Å². The standard InChI is InChI=1S/C8H20N2S.2C2H5I/c1-9(2)5-7-11-8-6-10(3)4;2*1-2-3/h5-8H2,1-4H3;2*2H2,1H3. The van der Waals surface area contributed by atoms with E-state index in [1.807, 2.05) is 11.8 Å². The summed E-state index contributed by atoms with van der Waals surface area (Å²) in [5, 5.41) is 0. The quantitative estimate of drug-likeness (QED) is 0.320. The first-order valence-electron chi connectivity index (χ1n) is 5.95. The summed E-state index contributed by atoms with van der Waals surface area (Å²) in [5.41, 5.74) is 0. The molecule has 0 atom stereocenters. The van der Waals surface area contributed by atoms with Crippen molar-refractivity contribution in [2.24, 2.45) is 0 Å². The fraction of sp³-hybridized carbons (Fsp3) is 1.00. The molecule has 0 radical (unpaired) electrons. The van der Waals surface area contributed by atoms with E-state index in [1.54, 1.807) is 0 Å². The normalized spacial score (nSPS) is 9.53. The Morgan fingerprint density at radius 1 is 0.765 bits per heavy atom. The topological polar surface area (TPSA) is 6.48 Å². The Hall–Kier alpha value is 1.73. The smallest absolute Gasteiger partial charge is 0.00662 e. The molecule has 0 aliphatic rings. The molecule has 108 valence electrons. The SMILES string of the molecule is CCI.CCI.CN(C)CCSCCN(C)C. The number of halogens is 2. The molecule has 0 unspecified atom stereocenters. The number of hydrogen-bond acceptors (Lipinski definition) is 3. The first-order chi connectivity index (χ1) is 7.95. The van der Waals surface area contributed by atoms with Crippen LogP contribution in [-0.4, -0.2) is 71.4 Å². The number of nitrogens with zero attached hydrogens (tertiary/aromatic N) is 2. The molecule has 0 aliphatic heterocycles. The lowest BCUT2D eigenvalue weighted by atomic mass is 10.7. The number of rotatable bonds is 6. The van der Waals surface area contributed by atoms with Gasteiger partial charge in [0.2, 0.25) is 0 Å². The summed E-state index contributed by atoms with van der Waals surface area (Å²) >= 11 is 6.60. The molecule has 0 N–H and O–H groups in total. The Morgan fingerprint density at radius 2 is 1.00 bits per heavy atom. The fourth-order valence-electron chi connectivity index (χ4n) is 0.596. The molecule has 0 aromatic rings. The fourth-order valence-corrected chi connectivity index (χ4v) is 1.79. The second kappa shape index (κ2) is 22.9. The summed E-state index contributed by atoms with van der Waals surface area (Å²) in [5.74, 6) is 2.50. The van der Waals surface area contributed by atoms with Gasteiger partial charge in [0.25, 0.3) is 0 Å². The maximum absolute atomic E-state index is 2.29. The second-order valence-corrected chi connectivity index (χ2v) is 8.03. The number of alkyl halides is 2. The predicted octanol–water partition coefficient (Wildman–Crippen LogP) is 3.73. The van der Waals surface area contributed by atoms with E-state index in [-0.39, 0.29) is 0 Å². The summed E-state index contributed by atoms with van der Waals surface area (Å²) < 4.78 is 2.44. The second-order valence-electron chi connectivity index (χ2n) is 3.75. The first-order valence-corrected chi connectivity index (χ1v) is 10.2. The average Bonchev–Trinajstić information content (AvgIpc) is 2.18. The van der Waals surface area contributed by atoms with Crippen LogP contribution in [0.4, 0.5) is 0 Å². The summed E-state index contributed by atoms with van der Waals surface area (Å²) in [6, 6.07) is 0. The van der Waals surface area contributed by atoms with E-state index in [9.17, 15) is 0 Å². The van der Waals surface area contributed by atoms with Crippen LogP contribution in [0.3, 0.4) is 0 Å². The highest BCUT2D eigenvalue weighted by molar-refractivity contribution is 14.1. The Balaban J connectivity index is -0.000000273. The number of hydrogen-bond donors (Lipinski definition) is 0. The third kappa shape index (κ3) is 46.3. The van der Waals surface area contributed by atoms with E-state index < -0.39 is 0 Å². The van der Waals surface area contributed by atoms with Gasteiger partial charge in [-0.3, -0.25) is 0 Å². The molecule has 2 nitrogen and oxygen atoms in total. The van der Waals surface area contributed by atoms with E-state index in [0.29, 0.717) is 0 Å². The van der Waals surface area contributed by atoms with Crippen molar-refractivity contribution in [3.63, 3.8) is 0 Å². The molecule has 0 rings (SSSR count). The summed E-state index contributed by atoms with van der Waals surface area (Å²) in [4.78, 5) is 4.45. The number of thioether (sulfide) groups is 1. The lowest BCUT2D eigenvalue weighted by molar-refractivity contribution is 0.432. The zero-order valence-corrected chi connectivity index (χ0v) is 17.4. The minimum atomic E-state index is 1.19. The molecule has 0 saturated heterocycles. The van der Waals surface area contributed by atoms with Gasteiger partial charge in [0.15, 0.2) is 0 Å². The van der Waals surface area contributed by atoms with Crippen LogP contribution in [0.15, 0.2) is 0 Å². The van der Waals surface area contributed by atoms with Gasteiger partial charge < -0.3 is 9.80 Å². The van der Waals surface area contributed by atoms with Gasteiger partial charge in [-0.2, -0.15) is 11.8 Å². The molecule has 5 heteroatoms. The van der Waals surface area contributed by atoms with Gasteiger partial charge in [0, 0.05) is 24.6 Å². The molecule has 0 bridgehead atoms. The van der Waals surface area contributed by atoms with Crippen LogP contribution in [0.1, 0.15) is 13.8 Å². The Kier molecular flexibility index (Phi) is 32.0. The van der Waals surface area contributed by atoms with Crippen LogP contribution < -0.4 is 0 Å². The summed E-state index contributed by atoms with van der Waals surface area (Å²) in [7, 11) is 8.47. The van der Waals surface area contributed by atoms with Crippen molar-refractivity contribution >= 4 is 56.9 Å². The van der Waals surface area contributed by atoms with Crippen molar-refractivity contribution in [1.29, 1.82) is 0 Å². The van der Waals surface area contributed by atoms with Gasteiger partial charge in [0.1, 0.15) is 0 Å². The molecule has 0 heterocycles. The van der Waals surface area contributed by atoms with E-state index in [0.717, 1.165) is 0 Å².